The molecule has 0 aliphatic heterocycles. The van der Waals surface area contributed by atoms with Gasteiger partial charge in [0.1, 0.15) is 5.02 Å². The maximum absolute atomic E-state index is 12.0. The lowest BCUT2D eigenvalue weighted by atomic mass is 10.1. The third kappa shape index (κ3) is 8.88. The summed E-state index contributed by atoms with van der Waals surface area (Å²) in [5.41, 5.74) is -0.665. The molecule has 1 heterocycles. The molecular weight excluding hydrogens is 383 g/mol. The number of hydrogen-bond acceptors (Lipinski definition) is 5. The number of rotatable bonds is 11. The van der Waals surface area contributed by atoms with Crippen LogP contribution in [-0.4, -0.2) is 26.6 Å². The molecule has 0 amide bonds. The molecule has 0 spiro atoms. The van der Waals surface area contributed by atoms with Gasteiger partial charge in [-0.15, -0.1) is 0 Å². The van der Waals surface area contributed by atoms with E-state index in [-0.39, 0.29) is 27.5 Å². The third-order valence-corrected chi connectivity index (χ3v) is 5.35. The maximum Gasteiger partial charge on any atom is 0.294 e. The van der Waals surface area contributed by atoms with E-state index in [0.29, 0.717) is 0 Å². The van der Waals surface area contributed by atoms with Gasteiger partial charge in [-0.2, -0.15) is 9.78 Å². The molecule has 0 bridgehead atoms. The average molecular weight is 407 g/mol. The highest BCUT2D eigenvalue weighted by atomic mass is 35.5. The second-order valence-corrected chi connectivity index (χ2v) is 7.89. The molecule has 0 saturated carbocycles. The van der Waals surface area contributed by atoms with Crippen molar-refractivity contribution in [1.29, 1.82) is 0 Å². The van der Waals surface area contributed by atoms with Crippen molar-refractivity contribution in [3.63, 3.8) is 0 Å². The predicted octanol–water partition coefficient (Wildman–Crippen LogP) is 4.98. The molecule has 1 rings (SSSR count). The van der Waals surface area contributed by atoms with Crippen molar-refractivity contribution in [2.75, 3.05) is 5.75 Å². The maximum atomic E-state index is 12.0. The van der Waals surface area contributed by atoms with E-state index in [1.807, 2.05) is 0 Å². The van der Waals surface area contributed by atoms with Crippen LogP contribution in [0.2, 0.25) is 10.0 Å². The normalized spacial score (nSPS) is 10.8. The topological polar surface area (TPSA) is 69.0 Å². The quantitative estimate of drug-likeness (QED) is 0.484. The molecule has 5 nitrogen and oxygen atoms in total. The van der Waals surface area contributed by atoms with Crippen molar-refractivity contribution < 1.29 is 9.59 Å². The van der Waals surface area contributed by atoms with Crippen molar-refractivity contribution in [2.45, 2.75) is 64.7 Å². The van der Waals surface area contributed by atoms with Crippen LogP contribution in [0.25, 0.3) is 0 Å². The van der Waals surface area contributed by atoms with Crippen LogP contribution in [0.5, 0.6) is 0 Å². The van der Waals surface area contributed by atoms with Crippen molar-refractivity contribution in [3.8, 4) is 0 Å². The molecule has 0 fully saturated rings. The second-order valence-electron chi connectivity index (χ2n) is 5.84. The fourth-order valence-corrected chi connectivity index (χ4v) is 3.24. The first-order valence-electron chi connectivity index (χ1n) is 8.53. The first kappa shape index (κ1) is 22.2. The number of nitrogens with zero attached hydrogens (tertiary/aromatic N) is 2. The molecule has 0 aromatic carbocycles. The zero-order chi connectivity index (χ0) is 18.7. The molecule has 0 aliphatic rings. The van der Waals surface area contributed by atoms with Gasteiger partial charge in [-0.05, 0) is 12.8 Å². The minimum Gasteiger partial charge on any atom is -0.288 e. The molecule has 0 atom stereocenters. The molecule has 0 aliphatic carbocycles. The number of aromatic nitrogens is 2. The second kappa shape index (κ2) is 12.5. The molecule has 0 N–H and O–H groups in total. The fraction of sp³-hybridized carbons (Fsp3) is 0.647. The Morgan fingerprint density at radius 3 is 2.20 bits per heavy atom. The first-order chi connectivity index (χ1) is 11.9. The van der Waals surface area contributed by atoms with E-state index in [0.717, 1.165) is 49.0 Å². The summed E-state index contributed by atoms with van der Waals surface area (Å²) in [4.78, 5) is 34.6. The van der Waals surface area contributed by atoms with E-state index < -0.39 is 5.56 Å². The van der Waals surface area contributed by atoms with Gasteiger partial charge in [0.2, 0.25) is 5.91 Å². The standard InChI is InChI=1S/C17H24Cl2N2O3S/c1-13(22)25-11-9-7-5-3-2-4-6-8-10-15(23)21-17(24)16(19)14(18)12-20-21/h12H,2-11H2,1H3. The van der Waals surface area contributed by atoms with Gasteiger partial charge in [-0.1, -0.05) is 73.5 Å². The van der Waals surface area contributed by atoms with Crippen molar-refractivity contribution >= 4 is 46.0 Å². The molecule has 0 radical (unpaired) electrons. The smallest absolute Gasteiger partial charge is 0.288 e. The highest BCUT2D eigenvalue weighted by Crippen LogP contribution is 2.15. The van der Waals surface area contributed by atoms with Crippen LogP contribution < -0.4 is 5.56 Å². The first-order valence-corrected chi connectivity index (χ1v) is 10.3. The summed E-state index contributed by atoms with van der Waals surface area (Å²) in [5.74, 6) is 0.561. The zero-order valence-electron chi connectivity index (χ0n) is 14.4. The van der Waals surface area contributed by atoms with E-state index in [9.17, 15) is 14.4 Å². The van der Waals surface area contributed by atoms with Crippen LogP contribution in [0.3, 0.4) is 0 Å². The van der Waals surface area contributed by atoms with Crippen molar-refractivity contribution in [2.24, 2.45) is 0 Å². The largest absolute Gasteiger partial charge is 0.294 e. The van der Waals surface area contributed by atoms with E-state index in [4.69, 9.17) is 23.2 Å². The third-order valence-electron chi connectivity index (χ3n) is 3.70. The van der Waals surface area contributed by atoms with Gasteiger partial charge in [-0.25, -0.2) is 0 Å². The Labute approximate surface area is 162 Å². The Hall–Kier alpha value is -0.850. The minimum absolute atomic E-state index is 0.0515. The SMILES string of the molecule is CC(=O)SCCCCCCCCCCC(=O)n1ncc(Cl)c(Cl)c1=O. The van der Waals surface area contributed by atoms with Crippen LogP contribution in [0.4, 0.5) is 0 Å². The number of carbonyl (C=O) groups excluding carboxylic acids is 2. The molecule has 1 aromatic rings. The Morgan fingerprint density at radius 1 is 1.04 bits per heavy atom. The molecule has 0 unspecified atom stereocenters. The van der Waals surface area contributed by atoms with Gasteiger partial charge >= 0.3 is 0 Å². The molecule has 0 saturated heterocycles. The van der Waals surface area contributed by atoms with Gasteiger partial charge in [-0.3, -0.25) is 14.4 Å². The van der Waals surface area contributed by atoms with E-state index in [1.54, 1.807) is 6.92 Å². The summed E-state index contributed by atoms with van der Waals surface area (Å²) in [5, 5.41) is 3.79. The Balaban J connectivity index is 2.08. The molecule has 140 valence electrons. The lowest BCUT2D eigenvalue weighted by molar-refractivity contribution is -0.109. The summed E-state index contributed by atoms with van der Waals surface area (Å²) in [6.45, 7) is 1.60. The van der Waals surface area contributed by atoms with Crippen LogP contribution in [0.1, 0.15) is 69.5 Å². The predicted molar refractivity (Wildman–Crippen MR) is 104 cm³/mol. The number of thioether (sulfide) groups is 1. The minimum atomic E-state index is -0.665. The van der Waals surface area contributed by atoms with Gasteiger partial charge in [0.05, 0.1) is 11.2 Å². The van der Waals surface area contributed by atoms with Crippen LogP contribution in [0.15, 0.2) is 11.0 Å². The molecule has 8 heteroatoms. The lowest BCUT2D eigenvalue weighted by Crippen LogP contribution is -2.29. The average Bonchev–Trinajstić information content (AvgIpc) is 2.57. The molecule has 1 aromatic heterocycles. The highest BCUT2D eigenvalue weighted by Gasteiger charge is 2.13. The highest BCUT2D eigenvalue weighted by molar-refractivity contribution is 8.13. The van der Waals surface area contributed by atoms with E-state index in [2.05, 4.69) is 5.10 Å². The van der Waals surface area contributed by atoms with Gasteiger partial charge in [0.25, 0.3) is 5.56 Å². The summed E-state index contributed by atoms with van der Waals surface area (Å²) in [6, 6.07) is 0. The number of halogens is 2. The molecular formula is C17H24Cl2N2O3S. The Morgan fingerprint density at radius 2 is 1.60 bits per heavy atom. The van der Waals surface area contributed by atoms with Crippen LogP contribution >= 0.6 is 35.0 Å². The van der Waals surface area contributed by atoms with E-state index in [1.165, 1.54) is 30.8 Å². The van der Waals surface area contributed by atoms with Gasteiger partial charge < -0.3 is 0 Å². The summed E-state index contributed by atoms with van der Waals surface area (Å²) in [6.07, 6.45) is 9.95. The number of hydrogen-bond donors (Lipinski definition) is 0. The monoisotopic (exact) mass is 406 g/mol. The Bertz CT molecular complexity index is 635. The van der Waals surface area contributed by atoms with Crippen LogP contribution in [0, 0.1) is 0 Å². The van der Waals surface area contributed by atoms with Crippen LogP contribution in [-0.2, 0) is 4.79 Å². The van der Waals surface area contributed by atoms with E-state index >= 15 is 0 Å². The van der Waals surface area contributed by atoms with Crippen molar-refractivity contribution in [3.05, 3.63) is 26.6 Å². The fourth-order valence-electron chi connectivity index (χ4n) is 2.35. The lowest BCUT2D eigenvalue weighted by Gasteiger charge is -2.05. The van der Waals surface area contributed by atoms with Gasteiger partial charge in [0, 0.05) is 19.1 Å². The van der Waals surface area contributed by atoms with Gasteiger partial charge in [0.15, 0.2) is 5.12 Å². The Kier molecular flexibility index (Phi) is 11.1. The number of carbonyl (C=O) groups is 2. The number of unbranched alkanes of at least 4 members (excludes halogenated alkanes) is 7. The molecule has 25 heavy (non-hydrogen) atoms. The zero-order valence-corrected chi connectivity index (χ0v) is 16.8. The summed E-state index contributed by atoms with van der Waals surface area (Å²) < 4.78 is 0.785. The van der Waals surface area contributed by atoms with Crippen molar-refractivity contribution in [1.82, 2.24) is 9.78 Å². The summed E-state index contributed by atoms with van der Waals surface area (Å²) >= 11 is 12.8. The summed E-state index contributed by atoms with van der Waals surface area (Å²) in [7, 11) is 0.